The van der Waals surface area contributed by atoms with Crippen LogP contribution in [0.15, 0.2) is 48.1 Å². The summed E-state index contributed by atoms with van der Waals surface area (Å²) in [4.78, 5) is 0. The Morgan fingerprint density at radius 1 is 1.05 bits per heavy atom. The predicted molar refractivity (Wildman–Crippen MR) is 89.0 cm³/mol. The van der Waals surface area contributed by atoms with Gasteiger partial charge in [0, 0.05) is 0 Å². The maximum Gasteiger partial charge on any atom is -0.00658 e. The van der Waals surface area contributed by atoms with Crippen molar-refractivity contribution in [3.8, 4) is 0 Å². The molecular weight excluding hydrogens is 240 g/mol. The third-order valence-electron chi connectivity index (χ3n) is 4.17. The lowest BCUT2D eigenvalue weighted by Gasteiger charge is -2.30. The van der Waals surface area contributed by atoms with E-state index in [0.717, 1.165) is 6.42 Å². The third kappa shape index (κ3) is 4.10. The highest BCUT2D eigenvalue weighted by molar-refractivity contribution is 5.29. The average molecular weight is 268 g/mol. The van der Waals surface area contributed by atoms with E-state index in [1.807, 2.05) is 0 Å². The van der Waals surface area contributed by atoms with Crippen LogP contribution in [0, 0.1) is 5.41 Å². The molecule has 1 atom stereocenters. The molecule has 20 heavy (non-hydrogen) atoms. The average Bonchev–Trinajstić information content (AvgIpc) is 2.39. The summed E-state index contributed by atoms with van der Waals surface area (Å²) in [7, 11) is 0. The predicted octanol–water partition coefficient (Wildman–Crippen LogP) is 5.87. The molecule has 0 fully saturated rings. The molecule has 2 rings (SSSR count). The minimum absolute atomic E-state index is 0.296. The third-order valence-corrected chi connectivity index (χ3v) is 4.17. The molecule has 0 spiro atoms. The highest BCUT2D eigenvalue weighted by atomic mass is 14.3. The largest absolute Gasteiger partial charge is 0.0779 e. The molecule has 0 nitrogen and oxygen atoms in total. The monoisotopic (exact) mass is 268 g/mol. The number of hydrogen-bond donors (Lipinski definition) is 0. The lowest BCUT2D eigenvalue weighted by molar-refractivity contribution is 0.409. The lowest BCUT2D eigenvalue weighted by atomic mass is 9.75. The maximum atomic E-state index is 2.40. The Kier molecular flexibility index (Phi) is 5.23. The van der Waals surface area contributed by atoms with Crippen molar-refractivity contribution in [3.05, 3.63) is 59.2 Å². The Morgan fingerprint density at radius 2 is 1.80 bits per heavy atom. The van der Waals surface area contributed by atoms with Gasteiger partial charge in [0.05, 0.1) is 0 Å². The molecule has 0 amide bonds. The van der Waals surface area contributed by atoms with Gasteiger partial charge in [-0.05, 0) is 42.2 Å². The molecule has 0 saturated heterocycles. The van der Waals surface area contributed by atoms with Gasteiger partial charge in [-0.3, -0.25) is 0 Å². The second-order valence-corrected chi connectivity index (χ2v) is 6.51. The Labute approximate surface area is 124 Å². The quantitative estimate of drug-likeness (QED) is 0.605. The standard InChI is InChI=1S/C20H28/c1-4-8-17-10-6-11-19(14-17)16-20(3)13-7-12-18(15-20)9-5-2/h6-7,10-14H,4-5,8-9,15-16H2,1-3H3. The molecule has 0 radical (unpaired) electrons. The van der Waals surface area contributed by atoms with Crippen molar-refractivity contribution in [3.63, 3.8) is 0 Å². The van der Waals surface area contributed by atoms with Gasteiger partial charge in [0.15, 0.2) is 0 Å². The summed E-state index contributed by atoms with van der Waals surface area (Å²) in [5.41, 5.74) is 4.88. The Balaban J connectivity index is 2.07. The Morgan fingerprint density at radius 3 is 2.55 bits per heavy atom. The number of allylic oxidation sites excluding steroid dienone is 4. The molecule has 0 aliphatic heterocycles. The summed E-state index contributed by atoms with van der Waals surface area (Å²) in [6.07, 6.45) is 14.3. The molecule has 0 aromatic heterocycles. The number of hydrogen-bond acceptors (Lipinski definition) is 0. The highest BCUT2D eigenvalue weighted by Gasteiger charge is 2.24. The fraction of sp³-hybridized carbons (Fsp3) is 0.500. The van der Waals surface area contributed by atoms with E-state index in [-0.39, 0.29) is 0 Å². The van der Waals surface area contributed by atoms with E-state index in [0.29, 0.717) is 5.41 Å². The van der Waals surface area contributed by atoms with Crippen molar-refractivity contribution >= 4 is 0 Å². The molecule has 108 valence electrons. The van der Waals surface area contributed by atoms with Gasteiger partial charge in [0.2, 0.25) is 0 Å². The minimum Gasteiger partial charge on any atom is -0.0779 e. The van der Waals surface area contributed by atoms with Crippen molar-refractivity contribution in [2.45, 2.75) is 59.3 Å². The highest BCUT2D eigenvalue weighted by Crippen LogP contribution is 2.36. The van der Waals surface area contributed by atoms with Crippen LogP contribution in [0.5, 0.6) is 0 Å². The first kappa shape index (κ1) is 15.1. The maximum absolute atomic E-state index is 2.40. The lowest BCUT2D eigenvalue weighted by Crippen LogP contribution is -2.19. The summed E-state index contributed by atoms with van der Waals surface area (Å²) in [6, 6.07) is 9.17. The molecule has 1 aromatic carbocycles. The number of rotatable bonds is 6. The number of aryl methyl sites for hydroxylation is 1. The molecule has 1 aliphatic carbocycles. The van der Waals surface area contributed by atoms with Crippen molar-refractivity contribution < 1.29 is 0 Å². The summed E-state index contributed by atoms with van der Waals surface area (Å²) in [5, 5.41) is 0. The zero-order chi connectivity index (χ0) is 14.4. The van der Waals surface area contributed by atoms with Crippen LogP contribution in [0.2, 0.25) is 0 Å². The summed E-state index contributed by atoms with van der Waals surface area (Å²) in [5.74, 6) is 0. The molecule has 0 heteroatoms. The van der Waals surface area contributed by atoms with Crippen LogP contribution in [-0.4, -0.2) is 0 Å². The molecule has 1 aliphatic rings. The fourth-order valence-corrected chi connectivity index (χ4v) is 3.32. The first-order valence-electron chi connectivity index (χ1n) is 8.10. The van der Waals surface area contributed by atoms with Gasteiger partial charge in [0.25, 0.3) is 0 Å². The van der Waals surface area contributed by atoms with E-state index >= 15 is 0 Å². The van der Waals surface area contributed by atoms with E-state index in [9.17, 15) is 0 Å². The topological polar surface area (TPSA) is 0 Å². The van der Waals surface area contributed by atoms with Gasteiger partial charge in [-0.15, -0.1) is 0 Å². The van der Waals surface area contributed by atoms with Crippen molar-refractivity contribution in [2.24, 2.45) is 5.41 Å². The second-order valence-electron chi connectivity index (χ2n) is 6.51. The smallest absolute Gasteiger partial charge is 0.00658 e. The van der Waals surface area contributed by atoms with E-state index in [2.05, 4.69) is 63.3 Å². The van der Waals surface area contributed by atoms with E-state index < -0.39 is 0 Å². The molecule has 0 N–H and O–H groups in total. The van der Waals surface area contributed by atoms with E-state index in [4.69, 9.17) is 0 Å². The summed E-state index contributed by atoms with van der Waals surface area (Å²) < 4.78 is 0. The van der Waals surface area contributed by atoms with Gasteiger partial charge in [-0.1, -0.05) is 81.7 Å². The number of benzene rings is 1. The molecule has 0 bridgehead atoms. The van der Waals surface area contributed by atoms with E-state index in [1.54, 1.807) is 5.57 Å². The van der Waals surface area contributed by atoms with Crippen LogP contribution in [0.3, 0.4) is 0 Å². The van der Waals surface area contributed by atoms with Gasteiger partial charge in [-0.25, -0.2) is 0 Å². The van der Waals surface area contributed by atoms with Crippen molar-refractivity contribution in [1.29, 1.82) is 0 Å². The van der Waals surface area contributed by atoms with Gasteiger partial charge < -0.3 is 0 Å². The van der Waals surface area contributed by atoms with E-state index in [1.165, 1.54) is 43.2 Å². The van der Waals surface area contributed by atoms with Crippen LogP contribution < -0.4 is 0 Å². The zero-order valence-electron chi connectivity index (χ0n) is 13.3. The normalized spacial score (nSPS) is 21.9. The fourth-order valence-electron chi connectivity index (χ4n) is 3.32. The zero-order valence-corrected chi connectivity index (χ0v) is 13.3. The first-order valence-corrected chi connectivity index (χ1v) is 8.10. The van der Waals surface area contributed by atoms with Crippen molar-refractivity contribution in [2.75, 3.05) is 0 Å². The van der Waals surface area contributed by atoms with Crippen molar-refractivity contribution in [1.82, 2.24) is 0 Å². The van der Waals surface area contributed by atoms with Crippen LogP contribution >= 0.6 is 0 Å². The molecule has 0 heterocycles. The molecule has 1 unspecified atom stereocenters. The van der Waals surface area contributed by atoms with Gasteiger partial charge in [0.1, 0.15) is 0 Å². The SMILES string of the molecule is CCCC1=CC=CC(C)(Cc2cccc(CCC)c2)C1. The van der Waals surface area contributed by atoms with Gasteiger partial charge in [-0.2, -0.15) is 0 Å². The second kappa shape index (κ2) is 6.92. The van der Waals surface area contributed by atoms with Crippen LogP contribution in [0.4, 0.5) is 0 Å². The van der Waals surface area contributed by atoms with Crippen LogP contribution in [0.25, 0.3) is 0 Å². The van der Waals surface area contributed by atoms with Gasteiger partial charge >= 0.3 is 0 Å². The van der Waals surface area contributed by atoms with Crippen LogP contribution in [-0.2, 0) is 12.8 Å². The van der Waals surface area contributed by atoms with Crippen LogP contribution in [0.1, 0.15) is 57.6 Å². The summed E-state index contributed by atoms with van der Waals surface area (Å²) >= 11 is 0. The molecular formula is C20H28. The Hall–Kier alpha value is -1.30. The first-order chi connectivity index (χ1) is 9.65. The Bertz CT molecular complexity index is 493. The molecule has 0 saturated carbocycles. The molecule has 1 aromatic rings. The summed E-state index contributed by atoms with van der Waals surface area (Å²) in [6.45, 7) is 6.92. The minimum atomic E-state index is 0.296.